The van der Waals surface area contributed by atoms with Crippen molar-refractivity contribution in [2.75, 3.05) is 0 Å². The molecule has 0 atom stereocenters. The maximum atomic E-state index is 12.3. The van der Waals surface area contributed by atoms with E-state index in [2.05, 4.69) is 0 Å². The normalized spacial score (nSPS) is 10.3. The number of Topliss-reactive ketones (excluding diaryl/α,β-unsaturated/α-hetero) is 1. The van der Waals surface area contributed by atoms with Crippen LogP contribution in [-0.4, -0.2) is 10.7 Å². The zero-order valence-electron chi connectivity index (χ0n) is 11.4. The first kappa shape index (κ1) is 13.9. The smallest absolute Gasteiger partial charge is 0.280 e. The fraction of sp³-hybridized carbons (Fsp3) is 0.188. The lowest BCUT2D eigenvalue weighted by atomic mass is 9.99. The number of carbonyl (C=O) groups is 1. The van der Waals surface area contributed by atoms with Crippen molar-refractivity contribution >= 4 is 11.5 Å². The number of nitro benzene ring substituents is 1. The van der Waals surface area contributed by atoms with Crippen LogP contribution in [0, 0.1) is 24.0 Å². The molecule has 0 fully saturated rings. The molecule has 0 aliphatic rings. The number of nitro groups is 1. The van der Waals surface area contributed by atoms with E-state index in [-0.39, 0.29) is 23.5 Å². The zero-order valence-corrected chi connectivity index (χ0v) is 11.4. The third kappa shape index (κ3) is 3.09. The number of carbonyl (C=O) groups excluding carboxylic acids is 1. The first-order valence-electron chi connectivity index (χ1n) is 6.31. The molecule has 4 heteroatoms. The van der Waals surface area contributed by atoms with Crippen LogP contribution in [0.4, 0.5) is 5.69 Å². The molecule has 0 amide bonds. The summed E-state index contributed by atoms with van der Waals surface area (Å²) in [6.07, 6.45) is 0.171. The Labute approximate surface area is 117 Å². The van der Waals surface area contributed by atoms with Crippen LogP contribution in [0.25, 0.3) is 0 Å². The average Bonchev–Trinajstić information content (AvgIpc) is 2.41. The summed E-state index contributed by atoms with van der Waals surface area (Å²) in [4.78, 5) is 22.7. The third-order valence-electron chi connectivity index (χ3n) is 3.13. The van der Waals surface area contributed by atoms with Crippen molar-refractivity contribution < 1.29 is 9.72 Å². The Morgan fingerprint density at radius 1 is 1.05 bits per heavy atom. The summed E-state index contributed by atoms with van der Waals surface area (Å²) in [5.74, 6) is -0.232. The molecular weight excluding hydrogens is 254 g/mol. The van der Waals surface area contributed by atoms with E-state index in [0.29, 0.717) is 0 Å². The molecule has 0 saturated heterocycles. The molecule has 0 radical (unpaired) electrons. The molecule has 0 aromatic heterocycles. The van der Waals surface area contributed by atoms with E-state index in [1.54, 1.807) is 12.1 Å². The predicted molar refractivity (Wildman–Crippen MR) is 77.0 cm³/mol. The summed E-state index contributed by atoms with van der Waals surface area (Å²) >= 11 is 0. The zero-order chi connectivity index (χ0) is 14.7. The minimum absolute atomic E-state index is 0.132. The summed E-state index contributed by atoms with van der Waals surface area (Å²) in [6.45, 7) is 3.78. The number of hydrogen-bond donors (Lipinski definition) is 0. The Balaban J connectivity index is 2.31. The number of benzene rings is 2. The second-order valence-electron chi connectivity index (χ2n) is 4.86. The van der Waals surface area contributed by atoms with Crippen LogP contribution in [0.2, 0.25) is 0 Å². The van der Waals surface area contributed by atoms with Crippen LogP contribution < -0.4 is 0 Å². The maximum Gasteiger partial charge on any atom is 0.280 e. The van der Waals surface area contributed by atoms with E-state index >= 15 is 0 Å². The Morgan fingerprint density at radius 3 is 2.25 bits per heavy atom. The van der Waals surface area contributed by atoms with Crippen molar-refractivity contribution in [3.63, 3.8) is 0 Å². The lowest BCUT2D eigenvalue weighted by molar-refractivity contribution is -0.385. The Kier molecular flexibility index (Phi) is 3.94. The van der Waals surface area contributed by atoms with Gasteiger partial charge >= 0.3 is 0 Å². The Hall–Kier alpha value is -2.49. The van der Waals surface area contributed by atoms with Crippen molar-refractivity contribution in [1.82, 2.24) is 0 Å². The Morgan fingerprint density at radius 2 is 1.65 bits per heavy atom. The van der Waals surface area contributed by atoms with E-state index in [4.69, 9.17) is 0 Å². The van der Waals surface area contributed by atoms with Crippen molar-refractivity contribution in [3.8, 4) is 0 Å². The van der Waals surface area contributed by atoms with Gasteiger partial charge in [0.1, 0.15) is 0 Å². The minimum Gasteiger partial charge on any atom is -0.294 e. The van der Waals surface area contributed by atoms with Crippen LogP contribution in [-0.2, 0) is 6.42 Å². The largest absolute Gasteiger partial charge is 0.294 e. The SMILES string of the molecule is Cc1ccc(CC(=O)c2cc(C)ccc2[N+](=O)[O-])cc1. The quantitative estimate of drug-likeness (QED) is 0.483. The van der Waals surface area contributed by atoms with Gasteiger partial charge in [-0.25, -0.2) is 0 Å². The van der Waals surface area contributed by atoms with Crippen molar-refractivity contribution in [3.05, 3.63) is 74.8 Å². The van der Waals surface area contributed by atoms with Crippen molar-refractivity contribution in [2.45, 2.75) is 20.3 Å². The summed E-state index contributed by atoms with van der Waals surface area (Å²) in [5.41, 5.74) is 2.85. The Bertz CT molecular complexity index is 660. The molecule has 0 unspecified atom stereocenters. The van der Waals surface area contributed by atoms with Gasteiger partial charge in [0.05, 0.1) is 10.5 Å². The summed E-state index contributed by atoms with van der Waals surface area (Å²) in [7, 11) is 0. The first-order valence-corrected chi connectivity index (χ1v) is 6.31. The van der Waals surface area contributed by atoms with Gasteiger partial charge in [-0.05, 0) is 31.0 Å². The summed E-state index contributed by atoms with van der Waals surface area (Å²) in [6, 6.07) is 12.2. The fourth-order valence-electron chi connectivity index (χ4n) is 2.02. The maximum absolute atomic E-state index is 12.3. The lowest BCUT2D eigenvalue weighted by Crippen LogP contribution is -2.07. The van der Waals surface area contributed by atoms with Gasteiger partial charge < -0.3 is 0 Å². The topological polar surface area (TPSA) is 60.2 Å². The van der Waals surface area contributed by atoms with E-state index in [1.165, 1.54) is 6.07 Å². The molecule has 0 saturated carbocycles. The molecular formula is C16H15NO3. The molecule has 2 aromatic rings. The van der Waals surface area contributed by atoms with Crippen LogP contribution in [0.1, 0.15) is 27.0 Å². The molecule has 20 heavy (non-hydrogen) atoms. The predicted octanol–water partition coefficient (Wildman–Crippen LogP) is 3.64. The molecule has 0 heterocycles. The van der Waals surface area contributed by atoms with Crippen LogP contribution >= 0.6 is 0 Å². The highest BCUT2D eigenvalue weighted by atomic mass is 16.6. The van der Waals surface area contributed by atoms with Gasteiger partial charge in [0.25, 0.3) is 5.69 Å². The monoisotopic (exact) mass is 269 g/mol. The minimum atomic E-state index is -0.512. The molecule has 0 N–H and O–H groups in total. The molecule has 4 nitrogen and oxygen atoms in total. The van der Waals surface area contributed by atoms with Gasteiger partial charge in [-0.1, -0.05) is 35.9 Å². The van der Waals surface area contributed by atoms with Gasteiger partial charge in [0.15, 0.2) is 5.78 Å². The van der Waals surface area contributed by atoms with Gasteiger partial charge in [0.2, 0.25) is 0 Å². The molecule has 0 spiro atoms. The van der Waals surface area contributed by atoms with Crippen LogP contribution in [0.3, 0.4) is 0 Å². The molecule has 102 valence electrons. The molecule has 0 aliphatic heterocycles. The second kappa shape index (κ2) is 5.65. The number of ketones is 1. The fourth-order valence-corrected chi connectivity index (χ4v) is 2.02. The molecule has 0 aliphatic carbocycles. The summed E-state index contributed by atoms with van der Waals surface area (Å²) in [5, 5.41) is 11.0. The summed E-state index contributed by atoms with van der Waals surface area (Å²) < 4.78 is 0. The van der Waals surface area contributed by atoms with Crippen LogP contribution in [0.5, 0.6) is 0 Å². The van der Waals surface area contributed by atoms with E-state index in [0.717, 1.165) is 16.7 Å². The molecule has 2 rings (SSSR count). The standard InChI is InChI=1S/C16H15NO3/c1-11-3-6-13(7-4-11)10-16(18)14-9-12(2)5-8-15(14)17(19)20/h3-9H,10H2,1-2H3. The number of nitrogens with zero attached hydrogens (tertiary/aromatic N) is 1. The van der Waals surface area contributed by atoms with Crippen LogP contribution in [0.15, 0.2) is 42.5 Å². The number of rotatable bonds is 4. The van der Waals surface area contributed by atoms with Gasteiger partial charge in [-0.15, -0.1) is 0 Å². The number of aryl methyl sites for hydroxylation is 2. The average molecular weight is 269 g/mol. The molecule has 0 bridgehead atoms. The number of hydrogen-bond acceptors (Lipinski definition) is 3. The highest BCUT2D eigenvalue weighted by Crippen LogP contribution is 2.21. The van der Waals surface area contributed by atoms with E-state index in [1.807, 2.05) is 38.1 Å². The highest BCUT2D eigenvalue weighted by Gasteiger charge is 2.20. The lowest BCUT2D eigenvalue weighted by Gasteiger charge is -2.04. The van der Waals surface area contributed by atoms with Gasteiger partial charge in [0, 0.05) is 12.5 Å². The first-order chi connectivity index (χ1) is 9.47. The van der Waals surface area contributed by atoms with Gasteiger partial charge in [-0.2, -0.15) is 0 Å². The van der Waals surface area contributed by atoms with E-state index in [9.17, 15) is 14.9 Å². The van der Waals surface area contributed by atoms with Gasteiger partial charge in [-0.3, -0.25) is 14.9 Å². The molecule has 2 aromatic carbocycles. The van der Waals surface area contributed by atoms with Crippen molar-refractivity contribution in [1.29, 1.82) is 0 Å². The van der Waals surface area contributed by atoms with Crippen molar-refractivity contribution in [2.24, 2.45) is 0 Å². The third-order valence-corrected chi connectivity index (χ3v) is 3.13. The highest BCUT2D eigenvalue weighted by molar-refractivity contribution is 6.01. The second-order valence-corrected chi connectivity index (χ2v) is 4.86. The van der Waals surface area contributed by atoms with E-state index < -0.39 is 4.92 Å².